The molecule has 2 aromatic rings. The zero-order valence-corrected chi connectivity index (χ0v) is 12.4. The predicted octanol–water partition coefficient (Wildman–Crippen LogP) is 3.23. The third kappa shape index (κ3) is 3.27. The number of carbonyl (C=O) groups excluding carboxylic acids is 1. The highest BCUT2D eigenvalue weighted by Gasteiger charge is 2.25. The van der Waals surface area contributed by atoms with E-state index in [1.165, 1.54) is 37.6 Å². The molecular weight excluding hydrogens is 324 g/mol. The van der Waals surface area contributed by atoms with Crippen molar-refractivity contribution in [1.82, 2.24) is 0 Å². The van der Waals surface area contributed by atoms with Crippen molar-refractivity contribution in [1.29, 1.82) is 0 Å². The zero-order chi connectivity index (χ0) is 17.1. The number of cyclic esters (lactones) is 1. The number of aliphatic imine (C=N–C) groups is 1. The minimum absolute atomic E-state index is 0.0275. The summed E-state index contributed by atoms with van der Waals surface area (Å²) in [5.41, 5.74) is 0.441. The molecule has 0 aliphatic carbocycles. The third-order valence-electron chi connectivity index (χ3n) is 3.07. The van der Waals surface area contributed by atoms with Crippen LogP contribution in [0, 0.1) is 0 Å². The van der Waals surface area contributed by atoms with Crippen molar-refractivity contribution in [2.24, 2.45) is 4.99 Å². The molecule has 6 nitrogen and oxygen atoms in total. The Balaban J connectivity index is 1.90. The summed E-state index contributed by atoms with van der Waals surface area (Å²) in [7, 11) is 1.31. The molecule has 0 unspecified atom stereocenters. The van der Waals surface area contributed by atoms with Gasteiger partial charge >= 0.3 is 12.6 Å². The largest absolute Gasteiger partial charge is 0.493 e. The Morgan fingerprint density at radius 3 is 2.75 bits per heavy atom. The molecule has 3 rings (SSSR count). The van der Waals surface area contributed by atoms with Gasteiger partial charge in [0.25, 0.3) is 0 Å². The molecule has 124 valence electrons. The van der Waals surface area contributed by atoms with Crippen LogP contribution in [0.4, 0.5) is 8.78 Å². The highest BCUT2D eigenvalue weighted by Crippen LogP contribution is 2.31. The first-order valence-electron chi connectivity index (χ1n) is 6.76. The first-order valence-corrected chi connectivity index (χ1v) is 6.76. The van der Waals surface area contributed by atoms with Crippen LogP contribution in [-0.4, -0.2) is 25.6 Å². The Morgan fingerprint density at radius 2 is 2.08 bits per heavy atom. The smallest absolute Gasteiger partial charge is 0.387 e. The fourth-order valence-electron chi connectivity index (χ4n) is 2.03. The van der Waals surface area contributed by atoms with Gasteiger partial charge in [-0.25, -0.2) is 9.79 Å². The minimum atomic E-state index is -2.98. The quantitative estimate of drug-likeness (QED) is 0.620. The lowest BCUT2D eigenvalue weighted by molar-refractivity contribution is -0.129. The van der Waals surface area contributed by atoms with Gasteiger partial charge in [-0.3, -0.25) is 0 Å². The van der Waals surface area contributed by atoms with Crippen molar-refractivity contribution in [2.45, 2.75) is 6.61 Å². The number of nitrogens with zero attached hydrogens (tertiary/aromatic N) is 1. The maximum absolute atomic E-state index is 12.3. The molecule has 8 heteroatoms. The van der Waals surface area contributed by atoms with Crippen molar-refractivity contribution < 1.29 is 32.2 Å². The normalized spacial score (nSPS) is 15.6. The zero-order valence-electron chi connectivity index (χ0n) is 12.4. The number of benzene rings is 1. The molecule has 24 heavy (non-hydrogen) atoms. The van der Waals surface area contributed by atoms with Crippen LogP contribution in [0.25, 0.3) is 6.08 Å². The van der Waals surface area contributed by atoms with Gasteiger partial charge in [-0.15, -0.1) is 0 Å². The molecule has 0 atom stereocenters. The average molecular weight is 335 g/mol. The van der Waals surface area contributed by atoms with Gasteiger partial charge in [0.15, 0.2) is 17.2 Å². The number of carbonyl (C=O) groups is 1. The number of ether oxygens (including phenoxy) is 3. The van der Waals surface area contributed by atoms with E-state index in [1.54, 1.807) is 12.1 Å². The van der Waals surface area contributed by atoms with E-state index in [0.29, 0.717) is 11.3 Å². The van der Waals surface area contributed by atoms with E-state index in [-0.39, 0.29) is 23.1 Å². The van der Waals surface area contributed by atoms with E-state index in [0.717, 1.165) is 0 Å². The Morgan fingerprint density at radius 1 is 1.25 bits per heavy atom. The number of rotatable bonds is 5. The summed E-state index contributed by atoms with van der Waals surface area (Å²) in [4.78, 5) is 15.9. The summed E-state index contributed by atoms with van der Waals surface area (Å²) in [6, 6.07) is 7.43. The molecular formula is C16H11F2NO5. The van der Waals surface area contributed by atoms with E-state index in [4.69, 9.17) is 13.9 Å². The van der Waals surface area contributed by atoms with Gasteiger partial charge in [0.2, 0.25) is 5.90 Å². The van der Waals surface area contributed by atoms with E-state index in [9.17, 15) is 13.6 Å². The van der Waals surface area contributed by atoms with Gasteiger partial charge in [-0.1, -0.05) is 0 Å². The highest BCUT2D eigenvalue weighted by molar-refractivity contribution is 6.12. The van der Waals surface area contributed by atoms with Gasteiger partial charge < -0.3 is 18.6 Å². The van der Waals surface area contributed by atoms with Crippen LogP contribution in [0.1, 0.15) is 11.3 Å². The number of furan rings is 1. The maximum atomic E-state index is 12.3. The van der Waals surface area contributed by atoms with E-state index < -0.39 is 12.6 Å². The first-order chi connectivity index (χ1) is 11.6. The van der Waals surface area contributed by atoms with E-state index >= 15 is 0 Å². The molecule has 0 saturated heterocycles. The second kappa shape index (κ2) is 6.53. The van der Waals surface area contributed by atoms with Gasteiger partial charge in [0.1, 0.15) is 5.76 Å². The lowest BCUT2D eigenvalue weighted by Crippen LogP contribution is -2.07. The fourth-order valence-corrected chi connectivity index (χ4v) is 2.03. The second-order valence-electron chi connectivity index (χ2n) is 4.60. The molecule has 0 N–H and O–H groups in total. The lowest BCUT2D eigenvalue weighted by atomic mass is 10.2. The summed E-state index contributed by atoms with van der Waals surface area (Å²) in [5, 5.41) is 0. The average Bonchev–Trinajstić information content (AvgIpc) is 3.18. The van der Waals surface area contributed by atoms with Gasteiger partial charge in [-0.05, 0) is 30.3 Å². The summed E-state index contributed by atoms with van der Waals surface area (Å²) in [6.45, 7) is -2.98. The number of esters is 1. The SMILES string of the molecule is COc1cc(C2=NC(=Cc3ccco3)C(=O)O2)ccc1OC(F)F. The van der Waals surface area contributed by atoms with Crippen LogP contribution in [0.2, 0.25) is 0 Å². The Bertz CT molecular complexity index is 812. The van der Waals surface area contributed by atoms with Crippen molar-refractivity contribution >= 4 is 17.9 Å². The van der Waals surface area contributed by atoms with Crippen molar-refractivity contribution in [3.05, 3.63) is 53.6 Å². The molecule has 1 aliphatic rings. The van der Waals surface area contributed by atoms with Crippen LogP contribution >= 0.6 is 0 Å². The highest BCUT2D eigenvalue weighted by atomic mass is 19.3. The number of halogens is 2. The molecule has 0 radical (unpaired) electrons. The molecule has 0 bridgehead atoms. The van der Waals surface area contributed by atoms with Crippen LogP contribution in [0.15, 0.2) is 51.7 Å². The molecule has 0 saturated carbocycles. The monoisotopic (exact) mass is 335 g/mol. The molecule has 0 spiro atoms. The van der Waals surface area contributed by atoms with Crippen molar-refractivity contribution in [3.8, 4) is 11.5 Å². The first kappa shape index (κ1) is 15.7. The van der Waals surface area contributed by atoms with Gasteiger partial charge in [0.05, 0.1) is 13.4 Å². The fraction of sp³-hybridized carbons (Fsp3) is 0.125. The van der Waals surface area contributed by atoms with Gasteiger partial charge in [-0.2, -0.15) is 8.78 Å². The number of hydrogen-bond donors (Lipinski definition) is 0. The summed E-state index contributed by atoms with van der Waals surface area (Å²) in [6.07, 6.45) is 2.89. The lowest BCUT2D eigenvalue weighted by Gasteiger charge is -2.10. The van der Waals surface area contributed by atoms with Gasteiger partial charge in [0, 0.05) is 11.6 Å². The van der Waals surface area contributed by atoms with E-state index in [2.05, 4.69) is 9.73 Å². The van der Waals surface area contributed by atoms with Crippen LogP contribution < -0.4 is 9.47 Å². The summed E-state index contributed by atoms with van der Waals surface area (Å²) >= 11 is 0. The number of hydrogen-bond acceptors (Lipinski definition) is 6. The number of alkyl halides is 2. The topological polar surface area (TPSA) is 70.3 Å². The third-order valence-corrected chi connectivity index (χ3v) is 3.07. The van der Waals surface area contributed by atoms with Crippen molar-refractivity contribution in [2.75, 3.05) is 7.11 Å². The molecule has 0 fully saturated rings. The minimum Gasteiger partial charge on any atom is -0.493 e. The van der Waals surface area contributed by atoms with Crippen LogP contribution in [0.5, 0.6) is 11.5 Å². The molecule has 1 aromatic heterocycles. The van der Waals surface area contributed by atoms with Crippen LogP contribution in [0.3, 0.4) is 0 Å². The van der Waals surface area contributed by atoms with E-state index in [1.807, 2.05) is 0 Å². The Labute approximate surface area is 135 Å². The Kier molecular flexibility index (Phi) is 4.28. The maximum Gasteiger partial charge on any atom is 0.387 e. The molecule has 0 amide bonds. The Hall–Kier alpha value is -3.16. The van der Waals surface area contributed by atoms with Crippen LogP contribution in [-0.2, 0) is 9.53 Å². The standard InChI is InChI=1S/C16H11F2NO5/c1-21-13-7-9(4-5-12(13)23-16(17)18)14-19-11(15(20)24-14)8-10-3-2-6-22-10/h2-8,16H,1H3. The predicted molar refractivity (Wildman–Crippen MR) is 78.9 cm³/mol. The van der Waals surface area contributed by atoms with Crippen molar-refractivity contribution in [3.63, 3.8) is 0 Å². The molecule has 1 aliphatic heterocycles. The number of methoxy groups -OCH3 is 1. The molecule has 2 heterocycles. The second-order valence-corrected chi connectivity index (χ2v) is 4.60. The summed E-state index contributed by atoms with van der Waals surface area (Å²) < 4.78 is 44.2. The molecule has 1 aromatic carbocycles. The summed E-state index contributed by atoms with van der Waals surface area (Å²) in [5.74, 6) is -0.235.